The first kappa shape index (κ1) is 26.4. The molecule has 1 amide bonds. The molecule has 0 aliphatic carbocycles. The maximum absolute atomic E-state index is 12.7. The topological polar surface area (TPSA) is 102 Å². The molecule has 0 bridgehead atoms. The van der Waals surface area contributed by atoms with E-state index in [1.807, 2.05) is 36.4 Å². The van der Waals surface area contributed by atoms with Crippen molar-refractivity contribution < 1.29 is 14.3 Å². The second-order valence-corrected chi connectivity index (χ2v) is 9.59. The van der Waals surface area contributed by atoms with Gasteiger partial charge in [-0.05, 0) is 68.9 Å². The fraction of sp³-hybridized carbons (Fsp3) is 0.241. The van der Waals surface area contributed by atoms with E-state index in [-0.39, 0.29) is 11.9 Å². The zero-order valence-electron chi connectivity index (χ0n) is 21.7. The molecule has 0 saturated carbocycles. The number of fused-ring (bicyclic) bond motifs is 1. The Kier molecular flexibility index (Phi) is 8.19. The van der Waals surface area contributed by atoms with Crippen molar-refractivity contribution in [1.29, 1.82) is 0 Å². The van der Waals surface area contributed by atoms with E-state index in [1.165, 1.54) is 6.33 Å². The molecule has 10 heteroatoms. The van der Waals surface area contributed by atoms with E-state index in [0.717, 1.165) is 25.1 Å². The molecule has 2 aromatic heterocycles. The second kappa shape index (κ2) is 12.1. The van der Waals surface area contributed by atoms with E-state index in [1.54, 1.807) is 37.6 Å². The van der Waals surface area contributed by atoms with Gasteiger partial charge in [0.15, 0.2) is 5.75 Å². The number of ether oxygens (including phenoxy) is 2. The van der Waals surface area contributed by atoms with Gasteiger partial charge in [-0.2, -0.15) is 0 Å². The standard InChI is InChI=1S/C29H29ClN6O3/c1-36-15-5-7-21(36)9-13-26(37)35-24-11-10-23-27(28(24)38-2)29(33-18-32-23)34-19-8-12-25(22(30)16-19)39-17-20-6-3-4-14-31-20/h3-4,6,8-14,16,18,21H,5,7,15,17H2,1-2H3,(H,35,37)(H,32,33,34). The van der Waals surface area contributed by atoms with Crippen molar-refractivity contribution in [3.63, 3.8) is 0 Å². The summed E-state index contributed by atoms with van der Waals surface area (Å²) in [6.45, 7) is 1.35. The monoisotopic (exact) mass is 544 g/mol. The molecule has 1 aliphatic rings. The molecule has 1 fully saturated rings. The van der Waals surface area contributed by atoms with Gasteiger partial charge in [0.1, 0.15) is 24.5 Å². The summed E-state index contributed by atoms with van der Waals surface area (Å²) in [5.74, 6) is 1.28. The van der Waals surface area contributed by atoms with Crippen LogP contribution >= 0.6 is 11.6 Å². The van der Waals surface area contributed by atoms with Crippen LogP contribution in [0, 0.1) is 0 Å². The van der Waals surface area contributed by atoms with Crippen LogP contribution < -0.4 is 20.1 Å². The molecule has 4 aromatic rings. The average Bonchev–Trinajstić information content (AvgIpc) is 3.36. The summed E-state index contributed by atoms with van der Waals surface area (Å²) in [5, 5.41) is 7.30. The Morgan fingerprint density at radius 3 is 2.82 bits per heavy atom. The summed E-state index contributed by atoms with van der Waals surface area (Å²) in [4.78, 5) is 28.0. The molecule has 1 unspecified atom stereocenters. The van der Waals surface area contributed by atoms with Crippen LogP contribution in [0.5, 0.6) is 11.5 Å². The van der Waals surface area contributed by atoms with Crippen LogP contribution in [0.4, 0.5) is 17.2 Å². The number of likely N-dealkylation sites (N-methyl/N-ethyl adjacent to an activating group) is 1. The molecule has 2 N–H and O–H groups in total. The van der Waals surface area contributed by atoms with Crippen molar-refractivity contribution in [2.24, 2.45) is 0 Å². The molecule has 1 atom stereocenters. The fourth-order valence-corrected chi connectivity index (χ4v) is 4.78. The summed E-state index contributed by atoms with van der Waals surface area (Å²) >= 11 is 6.51. The summed E-state index contributed by atoms with van der Waals surface area (Å²) in [7, 11) is 3.62. The van der Waals surface area contributed by atoms with Crippen molar-refractivity contribution >= 4 is 45.6 Å². The second-order valence-electron chi connectivity index (χ2n) is 9.18. The number of hydrogen-bond donors (Lipinski definition) is 2. The normalized spacial score (nSPS) is 15.5. The molecular weight excluding hydrogens is 516 g/mol. The number of hydrogen-bond acceptors (Lipinski definition) is 8. The minimum absolute atomic E-state index is 0.229. The maximum Gasteiger partial charge on any atom is 0.248 e. The van der Waals surface area contributed by atoms with Crippen LogP contribution in [0.3, 0.4) is 0 Å². The van der Waals surface area contributed by atoms with E-state index < -0.39 is 0 Å². The summed E-state index contributed by atoms with van der Waals surface area (Å²) < 4.78 is 11.6. The highest BCUT2D eigenvalue weighted by molar-refractivity contribution is 6.32. The van der Waals surface area contributed by atoms with E-state index in [2.05, 4.69) is 37.5 Å². The molecule has 200 valence electrons. The molecule has 2 aromatic carbocycles. The Hall–Kier alpha value is -4.21. The van der Waals surface area contributed by atoms with Gasteiger partial charge in [-0.25, -0.2) is 9.97 Å². The molecule has 1 aliphatic heterocycles. The number of pyridine rings is 1. The van der Waals surface area contributed by atoms with Gasteiger partial charge in [0.25, 0.3) is 0 Å². The molecule has 5 rings (SSSR count). The average molecular weight is 545 g/mol. The minimum atomic E-state index is -0.229. The van der Waals surface area contributed by atoms with Crippen LogP contribution in [0.2, 0.25) is 5.02 Å². The van der Waals surface area contributed by atoms with Crippen LogP contribution in [0.15, 0.2) is 73.2 Å². The van der Waals surface area contributed by atoms with Gasteiger partial charge < -0.3 is 20.1 Å². The molecule has 9 nitrogen and oxygen atoms in total. The number of amides is 1. The highest BCUT2D eigenvalue weighted by Crippen LogP contribution is 2.38. The fourth-order valence-electron chi connectivity index (χ4n) is 4.55. The number of nitrogens with zero attached hydrogens (tertiary/aromatic N) is 4. The third kappa shape index (κ3) is 6.27. The Bertz CT molecular complexity index is 1500. The van der Waals surface area contributed by atoms with Crippen LogP contribution in [0.1, 0.15) is 18.5 Å². The SMILES string of the molecule is COc1c(NC(=O)C=CC2CCCN2C)ccc2ncnc(Nc3ccc(OCc4ccccn4)c(Cl)c3)c12. The van der Waals surface area contributed by atoms with Gasteiger partial charge >= 0.3 is 0 Å². The number of halogens is 1. The Morgan fingerprint density at radius 2 is 2.08 bits per heavy atom. The number of methoxy groups -OCH3 is 1. The predicted molar refractivity (Wildman–Crippen MR) is 153 cm³/mol. The molecular formula is C29H29ClN6O3. The van der Waals surface area contributed by atoms with Crippen molar-refractivity contribution in [2.45, 2.75) is 25.5 Å². The number of carbonyl (C=O) groups is 1. The van der Waals surface area contributed by atoms with Gasteiger partial charge in [-0.3, -0.25) is 14.7 Å². The first-order valence-corrected chi connectivity index (χ1v) is 13.0. The Balaban J connectivity index is 1.35. The van der Waals surface area contributed by atoms with E-state index in [4.69, 9.17) is 21.1 Å². The van der Waals surface area contributed by atoms with E-state index >= 15 is 0 Å². The van der Waals surface area contributed by atoms with Crippen molar-refractivity contribution in [2.75, 3.05) is 31.3 Å². The number of likely N-dealkylation sites (tertiary alicyclic amines) is 1. The van der Waals surface area contributed by atoms with Crippen LogP contribution in [-0.4, -0.2) is 52.5 Å². The highest BCUT2D eigenvalue weighted by Gasteiger charge is 2.19. The van der Waals surface area contributed by atoms with Gasteiger partial charge in [-0.15, -0.1) is 0 Å². The number of rotatable bonds is 9. The molecule has 1 saturated heterocycles. The number of benzene rings is 2. The lowest BCUT2D eigenvalue weighted by atomic mass is 10.1. The van der Waals surface area contributed by atoms with Crippen LogP contribution in [0.25, 0.3) is 10.9 Å². The lowest BCUT2D eigenvalue weighted by Crippen LogP contribution is -2.23. The number of anilines is 3. The van der Waals surface area contributed by atoms with Gasteiger partial charge in [0.05, 0.1) is 34.4 Å². The zero-order chi connectivity index (χ0) is 27.2. The van der Waals surface area contributed by atoms with E-state index in [9.17, 15) is 4.79 Å². The lowest BCUT2D eigenvalue weighted by molar-refractivity contribution is -0.111. The molecule has 39 heavy (non-hydrogen) atoms. The number of carbonyl (C=O) groups excluding carboxylic acids is 1. The summed E-state index contributed by atoms with van der Waals surface area (Å²) in [5.41, 5.74) is 2.69. The lowest BCUT2D eigenvalue weighted by Gasteiger charge is -2.16. The first-order valence-electron chi connectivity index (χ1n) is 12.6. The highest BCUT2D eigenvalue weighted by atomic mass is 35.5. The summed E-state index contributed by atoms with van der Waals surface area (Å²) in [6, 6.07) is 14.9. The molecule has 0 spiro atoms. The Labute approximate surface area is 231 Å². The largest absolute Gasteiger partial charge is 0.494 e. The first-order chi connectivity index (χ1) is 19.0. The van der Waals surface area contributed by atoms with Crippen molar-refractivity contribution in [3.8, 4) is 11.5 Å². The third-order valence-electron chi connectivity index (χ3n) is 6.56. The van der Waals surface area contributed by atoms with Crippen molar-refractivity contribution in [3.05, 3.63) is 83.9 Å². The van der Waals surface area contributed by atoms with Gasteiger partial charge in [-0.1, -0.05) is 23.7 Å². The van der Waals surface area contributed by atoms with E-state index in [0.29, 0.717) is 51.2 Å². The third-order valence-corrected chi connectivity index (χ3v) is 6.86. The van der Waals surface area contributed by atoms with Crippen LogP contribution in [-0.2, 0) is 11.4 Å². The smallest absolute Gasteiger partial charge is 0.248 e. The maximum atomic E-state index is 12.7. The Morgan fingerprint density at radius 1 is 1.18 bits per heavy atom. The zero-order valence-corrected chi connectivity index (χ0v) is 22.5. The number of aromatic nitrogens is 3. The predicted octanol–water partition coefficient (Wildman–Crippen LogP) is 5.60. The van der Waals surface area contributed by atoms with Gasteiger partial charge in [0.2, 0.25) is 5.91 Å². The quantitative estimate of drug-likeness (QED) is 0.263. The van der Waals surface area contributed by atoms with Crippen molar-refractivity contribution in [1.82, 2.24) is 19.9 Å². The minimum Gasteiger partial charge on any atom is -0.494 e. The molecule has 3 heterocycles. The number of nitrogens with one attached hydrogen (secondary N) is 2. The summed E-state index contributed by atoms with van der Waals surface area (Å²) in [6.07, 6.45) is 8.89. The molecule has 0 radical (unpaired) electrons. The van der Waals surface area contributed by atoms with Gasteiger partial charge in [0, 0.05) is 24.0 Å².